The van der Waals surface area contributed by atoms with Crippen molar-refractivity contribution in [3.63, 3.8) is 0 Å². The molecule has 2 aromatic carbocycles. The van der Waals surface area contributed by atoms with Crippen LogP contribution in [0.25, 0.3) is 6.08 Å². The molecule has 4 nitrogen and oxygen atoms in total. The van der Waals surface area contributed by atoms with Crippen LogP contribution >= 0.6 is 0 Å². The highest BCUT2D eigenvalue weighted by Gasteiger charge is 1.98. The van der Waals surface area contributed by atoms with Gasteiger partial charge in [-0.1, -0.05) is 24.3 Å². The molecule has 0 saturated heterocycles. The molecule has 122 valence electrons. The number of nitriles is 1. The van der Waals surface area contributed by atoms with Crippen LogP contribution < -0.4 is 10.1 Å². The summed E-state index contributed by atoms with van der Waals surface area (Å²) in [6, 6.07) is 15.2. The Balaban J connectivity index is 1.76. The third-order valence-corrected chi connectivity index (χ3v) is 3.24. The smallest absolute Gasteiger partial charge is 0.244 e. The van der Waals surface area contributed by atoms with Gasteiger partial charge in [0.1, 0.15) is 17.6 Å². The first-order valence-electron chi connectivity index (χ1n) is 7.47. The molecule has 0 bridgehead atoms. The van der Waals surface area contributed by atoms with Gasteiger partial charge >= 0.3 is 0 Å². The van der Waals surface area contributed by atoms with Crippen LogP contribution in [0.5, 0.6) is 5.75 Å². The Labute approximate surface area is 140 Å². The van der Waals surface area contributed by atoms with Crippen molar-refractivity contribution in [2.75, 3.05) is 13.2 Å². The van der Waals surface area contributed by atoms with Gasteiger partial charge in [0.2, 0.25) is 5.91 Å². The van der Waals surface area contributed by atoms with Crippen LogP contribution in [-0.2, 0) is 11.2 Å². The van der Waals surface area contributed by atoms with Crippen molar-refractivity contribution in [1.29, 1.82) is 5.26 Å². The maximum Gasteiger partial charge on any atom is 0.244 e. The van der Waals surface area contributed by atoms with Gasteiger partial charge in [0, 0.05) is 12.6 Å². The van der Waals surface area contributed by atoms with Gasteiger partial charge in [-0.15, -0.1) is 0 Å². The van der Waals surface area contributed by atoms with Crippen LogP contribution in [0.15, 0.2) is 54.6 Å². The number of benzene rings is 2. The highest BCUT2D eigenvalue weighted by Crippen LogP contribution is 2.12. The van der Waals surface area contributed by atoms with Crippen molar-refractivity contribution in [2.24, 2.45) is 0 Å². The summed E-state index contributed by atoms with van der Waals surface area (Å²) in [7, 11) is 0. The highest BCUT2D eigenvalue weighted by molar-refractivity contribution is 5.91. The van der Waals surface area contributed by atoms with Crippen LogP contribution in [0.4, 0.5) is 4.39 Å². The Morgan fingerprint density at radius 1 is 1.17 bits per heavy atom. The number of rotatable bonds is 7. The molecule has 2 rings (SSSR count). The van der Waals surface area contributed by atoms with E-state index in [1.807, 2.05) is 6.07 Å². The van der Waals surface area contributed by atoms with Gasteiger partial charge < -0.3 is 10.1 Å². The number of hydrogen-bond donors (Lipinski definition) is 1. The molecule has 0 aliphatic carbocycles. The Hall–Kier alpha value is -3.13. The summed E-state index contributed by atoms with van der Waals surface area (Å²) in [4.78, 5) is 11.8. The summed E-state index contributed by atoms with van der Waals surface area (Å²) in [6.45, 7) is 0.487. The van der Waals surface area contributed by atoms with E-state index in [1.54, 1.807) is 42.5 Å². The maximum absolute atomic E-state index is 12.8. The van der Waals surface area contributed by atoms with Crippen LogP contribution in [0.1, 0.15) is 11.1 Å². The molecule has 0 saturated carbocycles. The molecule has 2 aromatic rings. The molecule has 0 unspecified atom stereocenters. The SMILES string of the molecule is N#CCOc1ccc(/C=C/C(=O)NCCc2ccc(F)cc2)cc1. The Morgan fingerprint density at radius 2 is 1.88 bits per heavy atom. The second-order valence-corrected chi connectivity index (χ2v) is 5.02. The number of halogens is 1. The Kier molecular flexibility index (Phi) is 6.54. The van der Waals surface area contributed by atoms with E-state index in [4.69, 9.17) is 10.00 Å². The number of hydrogen-bond acceptors (Lipinski definition) is 3. The van der Waals surface area contributed by atoms with Crippen molar-refractivity contribution in [1.82, 2.24) is 5.32 Å². The van der Waals surface area contributed by atoms with E-state index in [-0.39, 0.29) is 18.3 Å². The zero-order valence-electron chi connectivity index (χ0n) is 13.0. The first kappa shape index (κ1) is 17.2. The van der Waals surface area contributed by atoms with Gasteiger partial charge in [-0.2, -0.15) is 5.26 Å². The van der Waals surface area contributed by atoms with E-state index >= 15 is 0 Å². The monoisotopic (exact) mass is 324 g/mol. The molecule has 0 spiro atoms. The Bertz CT molecular complexity index is 731. The molecule has 0 aliphatic heterocycles. The number of nitrogens with one attached hydrogen (secondary N) is 1. The number of ether oxygens (including phenoxy) is 1. The van der Waals surface area contributed by atoms with Crippen molar-refractivity contribution < 1.29 is 13.9 Å². The third kappa shape index (κ3) is 5.93. The predicted molar refractivity (Wildman–Crippen MR) is 89.7 cm³/mol. The molecule has 0 atom stereocenters. The quantitative estimate of drug-likeness (QED) is 0.796. The van der Waals surface area contributed by atoms with Crippen molar-refractivity contribution in [3.8, 4) is 11.8 Å². The summed E-state index contributed by atoms with van der Waals surface area (Å²) in [5.74, 6) is 0.147. The van der Waals surface area contributed by atoms with Crippen molar-refractivity contribution in [3.05, 3.63) is 71.6 Å². The normalized spacial score (nSPS) is 10.3. The fourth-order valence-corrected chi connectivity index (χ4v) is 2.00. The molecule has 0 heterocycles. The highest BCUT2D eigenvalue weighted by atomic mass is 19.1. The lowest BCUT2D eigenvalue weighted by Crippen LogP contribution is -2.23. The van der Waals surface area contributed by atoms with Gasteiger partial charge in [-0.3, -0.25) is 4.79 Å². The second-order valence-electron chi connectivity index (χ2n) is 5.02. The molecular formula is C19H17FN2O2. The molecule has 0 aromatic heterocycles. The number of carbonyl (C=O) groups excluding carboxylic acids is 1. The molecular weight excluding hydrogens is 307 g/mol. The van der Waals surface area contributed by atoms with E-state index in [0.717, 1.165) is 11.1 Å². The predicted octanol–water partition coefficient (Wildman–Crippen LogP) is 3.10. The first-order valence-corrected chi connectivity index (χ1v) is 7.47. The lowest BCUT2D eigenvalue weighted by atomic mass is 10.1. The molecule has 1 amide bonds. The minimum Gasteiger partial charge on any atom is -0.479 e. The molecule has 5 heteroatoms. The van der Waals surface area contributed by atoms with Gasteiger partial charge in [-0.25, -0.2) is 4.39 Å². The first-order chi connectivity index (χ1) is 11.7. The lowest BCUT2D eigenvalue weighted by molar-refractivity contribution is -0.116. The van der Waals surface area contributed by atoms with Gasteiger partial charge in [0.25, 0.3) is 0 Å². The number of amides is 1. The fourth-order valence-electron chi connectivity index (χ4n) is 2.00. The third-order valence-electron chi connectivity index (χ3n) is 3.24. The van der Waals surface area contributed by atoms with E-state index < -0.39 is 0 Å². The molecule has 1 N–H and O–H groups in total. The lowest BCUT2D eigenvalue weighted by Gasteiger charge is -2.03. The van der Waals surface area contributed by atoms with Gasteiger partial charge in [0.05, 0.1) is 0 Å². The van der Waals surface area contributed by atoms with Crippen molar-refractivity contribution >= 4 is 12.0 Å². The summed E-state index contributed by atoms with van der Waals surface area (Å²) < 4.78 is 17.9. The van der Waals surface area contributed by atoms with E-state index in [1.165, 1.54) is 18.2 Å². The Morgan fingerprint density at radius 3 is 2.54 bits per heavy atom. The van der Waals surface area contributed by atoms with Gasteiger partial charge in [-0.05, 0) is 47.9 Å². The minimum absolute atomic E-state index is 0.00560. The largest absolute Gasteiger partial charge is 0.479 e. The topological polar surface area (TPSA) is 62.1 Å². The van der Waals surface area contributed by atoms with Crippen LogP contribution in [-0.4, -0.2) is 19.1 Å². The molecule has 24 heavy (non-hydrogen) atoms. The zero-order chi connectivity index (χ0) is 17.2. The average molecular weight is 324 g/mol. The zero-order valence-corrected chi connectivity index (χ0v) is 13.0. The maximum atomic E-state index is 12.8. The molecule has 0 radical (unpaired) electrons. The summed E-state index contributed by atoms with van der Waals surface area (Å²) >= 11 is 0. The van der Waals surface area contributed by atoms with E-state index in [0.29, 0.717) is 18.7 Å². The van der Waals surface area contributed by atoms with Gasteiger partial charge in [0.15, 0.2) is 6.61 Å². The minimum atomic E-state index is -0.269. The second kappa shape index (κ2) is 9.11. The van der Waals surface area contributed by atoms with Crippen LogP contribution in [0, 0.1) is 17.1 Å². The fraction of sp³-hybridized carbons (Fsp3) is 0.158. The summed E-state index contributed by atoms with van der Waals surface area (Å²) in [5, 5.41) is 11.2. The standard InChI is InChI=1S/C19H17FN2O2/c20-17-6-1-16(2-7-17)11-13-22-19(23)10-5-15-3-8-18(9-4-15)24-14-12-21/h1-10H,11,13-14H2,(H,22,23)/b10-5+. The van der Waals surface area contributed by atoms with Crippen molar-refractivity contribution in [2.45, 2.75) is 6.42 Å². The van der Waals surface area contributed by atoms with Crippen LogP contribution in [0.3, 0.4) is 0 Å². The summed E-state index contributed by atoms with van der Waals surface area (Å²) in [5.41, 5.74) is 1.82. The van der Waals surface area contributed by atoms with Crippen LogP contribution in [0.2, 0.25) is 0 Å². The molecule has 0 aliphatic rings. The van der Waals surface area contributed by atoms with E-state index in [9.17, 15) is 9.18 Å². The average Bonchev–Trinajstić information content (AvgIpc) is 2.61. The van der Waals surface area contributed by atoms with E-state index in [2.05, 4.69) is 5.32 Å². The number of carbonyl (C=O) groups is 1. The summed E-state index contributed by atoms with van der Waals surface area (Å²) in [6.07, 6.45) is 3.79. The number of nitrogens with zero attached hydrogens (tertiary/aromatic N) is 1. The molecule has 0 fully saturated rings.